The van der Waals surface area contributed by atoms with Crippen molar-refractivity contribution in [2.45, 2.75) is 24.3 Å². The van der Waals surface area contributed by atoms with Gasteiger partial charge < -0.3 is 5.32 Å². The predicted octanol–water partition coefficient (Wildman–Crippen LogP) is 2.67. The summed E-state index contributed by atoms with van der Waals surface area (Å²) in [6, 6.07) is 4.88. The summed E-state index contributed by atoms with van der Waals surface area (Å²) in [5.41, 5.74) is 0.543. The van der Waals surface area contributed by atoms with Crippen molar-refractivity contribution in [2.24, 2.45) is 0 Å². The molecule has 0 spiro atoms. The maximum absolute atomic E-state index is 12.7. The van der Waals surface area contributed by atoms with Crippen LogP contribution in [0.3, 0.4) is 0 Å². The minimum Gasteiger partial charge on any atom is -0.337 e. The number of benzene rings is 1. The Kier molecular flexibility index (Phi) is 3.08. The van der Waals surface area contributed by atoms with Gasteiger partial charge in [0.25, 0.3) is 0 Å². The molecule has 0 heterocycles. The maximum atomic E-state index is 12.7. The van der Waals surface area contributed by atoms with Crippen LogP contribution in [0, 0.1) is 11.9 Å². The lowest BCUT2D eigenvalue weighted by Gasteiger charge is -2.10. The molecule has 0 bridgehead atoms. The molecule has 1 aliphatic carbocycles. The Bertz CT molecular complexity index is 432. The average Bonchev–Trinajstić information content (AvgIpc) is 2.88. The van der Waals surface area contributed by atoms with Gasteiger partial charge in [0, 0.05) is 11.1 Å². The number of rotatable bonds is 3. The van der Waals surface area contributed by atoms with Crippen molar-refractivity contribution in [1.29, 1.82) is 0 Å². The highest BCUT2D eigenvalue weighted by Gasteiger charge is 2.41. The van der Waals surface area contributed by atoms with Gasteiger partial charge in [-0.2, -0.15) is 0 Å². The van der Waals surface area contributed by atoms with Crippen LogP contribution in [0.25, 0.3) is 0 Å². The largest absolute Gasteiger partial charge is 0.337 e. The van der Waals surface area contributed by atoms with Crippen molar-refractivity contribution in [3.05, 3.63) is 34.6 Å². The Labute approximate surface area is 103 Å². The quantitative estimate of drug-likeness (QED) is 0.657. The summed E-state index contributed by atoms with van der Waals surface area (Å²) in [6.07, 6.45) is 1.65. The third-order valence-corrected chi connectivity index (χ3v) is 3.17. The van der Waals surface area contributed by atoms with Crippen LogP contribution >= 0.6 is 23.2 Å². The standard InChI is InChI=1S/C11H9Cl2FNO/c12-9-6-8(14)2-1-7(9)5-10(16)15-11(13)3-4-11/h1,6H,3-5H2,(H,15,16). The van der Waals surface area contributed by atoms with Gasteiger partial charge >= 0.3 is 0 Å². The highest BCUT2D eigenvalue weighted by Crippen LogP contribution is 2.39. The number of carbonyl (C=O) groups is 1. The van der Waals surface area contributed by atoms with Crippen molar-refractivity contribution < 1.29 is 9.18 Å². The molecule has 0 atom stereocenters. The molecule has 1 amide bonds. The molecule has 1 fully saturated rings. The zero-order chi connectivity index (χ0) is 11.8. The molecule has 2 nitrogen and oxygen atoms in total. The van der Waals surface area contributed by atoms with E-state index in [1.165, 1.54) is 6.07 Å². The third kappa shape index (κ3) is 2.86. The molecule has 1 aromatic rings. The summed E-state index contributed by atoms with van der Waals surface area (Å²) in [6.45, 7) is 0. The molecular weight excluding hydrogens is 252 g/mol. The molecule has 5 heteroatoms. The lowest BCUT2D eigenvalue weighted by atomic mass is 10.1. The Morgan fingerprint density at radius 3 is 2.88 bits per heavy atom. The van der Waals surface area contributed by atoms with Crippen LogP contribution < -0.4 is 5.32 Å². The fourth-order valence-electron chi connectivity index (χ4n) is 1.31. The third-order valence-electron chi connectivity index (χ3n) is 2.35. The second kappa shape index (κ2) is 4.22. The first-order chi connectivity index (χ1) is 7.48. The highest BCUT2D eigenvalue weighted by molar-refractivity contribution is 6.31. The van der Waals surface area contributed by atoms with Crippen LogP contribution in [-0.2, 0) is 11.2 Å². The molecule has 1 N–H and O–H groups in total. The smallest absolute Gasteiger partial charge is 0.225 e. The molecule has 85 valence electrons. The molecule has 1 saturated carbocycles. The molecule has 1 radical (unpaired) electrons. The van der Waals surface area contributed by atoms with Gasteiger partial charge in [0.1, 0.15) is 10.8 Å². The Balaban J connectivity index is 2.00. The van der Waals surface area contributed by atoms with E-state index >= 15 is 0 Å². The first-order valence-corrected chi connectivity index (χ1v) is 5.60. The molecular formula is C11H9Cl2FNO. The van der Waals surface area contributed by atoms with Crippen LogP contribution in [-0.4, -0.2) is 10.9 Å². The van der Waals surface area contributed by atoms with Crippen LogP contribution in [0.5, 0.6) is 0 Å². The summed E-state index contributed by atoms with van der Waals surface area (Å²) in [4.78, 5) is 11.0. The van der Waals surface area contributed by atoms with E-state index in [2.05, 4.69) is 11.4 Å². The van der Waals surface area contributed by atoms with Gasteiger partial charge in [-0.1, -0.05) is 23.2 Å². The first-order valence-electron chi connectivity index (χ1n) is 4.84. The summed E-state index contributed by atoms with van der Waals surface area (Å²) in [5.74, 6) is -0.750. The molecule has 16 heavy (non-hydrogen) atoms. The Hall–Kier alpha value is -0.800. The number of amides is 1. The number of halogens is 3. The highest BCUT2D eigenvalue weighted by atomic mass is 35.5. The summed E-state index contributed by atoms with van der Waals surface area (Å²) < 4.78 is 12.7. The molecule has 1 aliphatic rings. The number of carbonyl (C=O) groups excluding carboxylic acids is 1. The van der Waals surface area contributed by atoms with Gasteiger partial charge in [0.15, 0.2) is 0 Å². The topological polar surface area (TPSA) is 29.1 Å². The summed E-state index contributed by atoms with van der Waals surface area (Å²) in [7, 11) is 0. The van der Waals surface area contributed by atoms with Crippen LogP contribution in [0.1, 0.15) is 18.4 Å². The van der Waals surface area contributed by atoms with Crippen LogP contribution in [0.4, 0.5) is 4.39 Å². The minimum atomic E-state index is -0.562. The molecule has 0 aliphatic heterocycles. The maximum Gasteiger partial charge on any atom is 0.225 e. The van der Waals surface area contributed by atoms with Crippen molar-refractivity contribution in [3.63, 3.8) is 0 Å². The lowest BCUT2D eigenvalue weighted by Crippen LogP contribution is -2.33. The normalized spacial score (nSPS) is 16.9. The lowest BCUT2D eigenvalue weighted by molar-refractivity contribution is -0.120. The monoisotopic (exact) mass is 260 g/mol. The predicted molar refractivity (Wildman–Crippen MR) is 59.9 cm³/mol. The van der Waals surface area contributed by atoms with E-state index in [-0.39, 0.29) is 17.4 Å². The molecule has 0 saturated heterocycles. The summed E-state index contributed by atoms with van der Waals surface area (Å²) >= 11 is 11.7. The van der Waals surface area contributed by atoms with Crippen LogP contribution in [0.15, 0.2) is 12.1 Å². The van der Waals surface area contributed by atoms with E-state index in [1.807, 2.05) is 0 Å². The minimum absolute atomic E-state index is 0.0874. The molecule has 0 unspecified atom stereocenters. The molecule has 2 rings (SSSR count). The van der Waals surface area contributed by atoms with Crippen molar-refractivity contribution in [1.82, 2.24) is 5.32 Å². The second-order valence-electron chi connectivity index (χ2n) is 3.84. The Morgan fingerprint density at radius 2 is 2.31 bits per heavy atom. The van der Waals surface area contributed by atoms with E-state index in [0.29, 0.717) is 5.56 Å². The van der Waals surface area contributed by atoms with Gasteiger partial charge in [0.2, 0.25) is 5.91 Å². The van der Waals surface area contributed by atoms with Crippen LogP contribution in [0.2, 0.25) is 5.02 Å². The zero-order valence-corrected chi connectivity index (χ0v) is 9.83. The first kappa shape index (κ1) is 11.7. The van der Waals surface area contributed by atoms with Crippen molar-refractivity contribution in [3.8, 4) is 0 Å². The summed E-state index contributed by atoms with van der Waals surface area (Å²) in [5, 5.41) is 2.91. The fraction of sp³-hybridized carbons (Fsp3) is 0.364. The average molecular weight is 261 g/mol. The van der Waals surface area contributed by atoms with Gasteiger partial charge in [-0.05, 0) is 30.5 Å². The number of hydrogen-bond donors (Lipinski definition) is 1. The van der Waals surface area contributed by atoms with E-state index in [9.17, 15) is 9.18 Å². The number of alkyl halides is 1. The SMILES string of the molecule is O=C(Cc1c[c]c(F)cc1Cl)NC1(Cl)CC1. The van der Waals surface area contributed by atoms with Gasteiger partial charge in [-0.25, -0.2) is 4.39 Å². The van der Waals surface area contributed by atoms with Gasteiger partial charge in [0.05, 0.1) is 6.42 Å². The molecule has 1 aromatic carbocycles. The van der Waals surface area contributed by atoms with E-state index in [1.54, 1.807) is 0 Å². The van der Waals surface area contributed by atoms with Gasteiger partial charge in [-0.3, -0.25) is 4.79 Å². The zero-order valence-electron chi connectivity index (χ0n) is 8.32. The fourth-order valence-corrected chi connectivity index (χ4v) is 1.72. The Morgan fingerprint density at radius 1 is 1.62 bits per heavy atom. The van der Waals surface area contributed by atoms with Crippen molar-refractivity contribution in [2.75, 3.05) is 0 Å². The number of hydrogen-bond acceptors (Lipinski definition) is 1. The number of nitrogens with one attached hydrogen (secondary N) is 1. The van der Waals surface area contributed by atoms with E-state index in [4.69, 9.17) is 23.2 Å². The van der Waals surface area contributed by atoms with Gasteiger partial charge in [-0.15, -0.1) is 0 Å². The second-order valence-corrected chi connectivity index (χ2v) is 4.98. The van der Waals surface area contributed by atoms with E-state index < -0.39 is 10.8 Å². The molecule has 0 aromatic heterocycles. The van der Waals surface area contributed by atoms with E-state index in [0.717, 1.165) is 18.9 Å². The van der Waals surface area contributed by atoms with Crippen molar-refractivity contribution >= 4 is 29.1 Å².